The Bertz CT molecular complexity index is 247. The highest BCUT2D eigenvalue weighted by Crippen LogP contribution is 2.27. The Morgan fingerprint density at radius 1 is 1.16 bits per heavy atom. The van der Waals surface area contributed by atoms with Crippen LogP contribution in [0.25, 0.3) is 0 Å². The third kappa shape index (κ3) is 4.73. The topological polar surface area (TPSA) is 24.5 Å². The van der Waals surface area contributed by atoms with Gasteiger partial charge in [-0.2, -0.15) is 0 Å². The van der Waals surface area contributed by atoms with Crippen LogP contribution in [0, 0.1) is 0 Å². The van der Waals surface area contributed by atoms with Gasteiger partial charge in [0.1, 0.15) is 0 Å². The molecular formula is C16H32N2O. The molecule has 1 aliphatic heterocycles. The van der Waals surface area contributed by atoms with Gasteiger partial charge in [0.25, 0.3) is 0 Å². The molecule has 2 aliphatic rings. The van der Waals surface area contributed by atoms with Gasteiger partial charge in [0.2, 0.25) is 0 Å². The molecule has 1 saturated carbocycles. The van der Waals surface area contributed by atoms with Gasteiger partial charge in [0.05, 0.1) is 6.10 Å². The molecule has 0 radical (unpaired) electrons. The van der Waals surface area contributed by atoms with Crippen molar-refractivity contribution in [2.75, 3.05) is 26.2 Å². The van der Waals surface area contributed by atoms with E-state index in [4.69, 9.17) is 4.74 Å². The Morgan fingerprint density at radius 2 is 2.05 bits per heavy atom. The Labute approximate surface area is 119 Å². The average molecular weight is 268 g/mol. The largest absolute Gasteiger partial charge is 0.377 e. The minimum absolute atomic E-state index is 0.497. The molecule has 0 bridgehead atoms. The lowest BCUT2D eigenvalue weighted by Gasteiger charge is -2.36. The van der Waals surface area contributed by atoms with Crippen LogP contribution < -0.4 is 5.32 Å². The standard InChI is InChI=1S/C16H32N2O/c1-3-9-17-14-7-8-15(12-14)18-10-5-6-16(13-18)19-11-4-2/h14-17H,3-13H2,1-2H3. The number of hydrogen-bond donors (Lipinski definition) is 1. The maximum atomic E-state index is 5.96. The summed E-state index contributed by atoms with van der Waals surface area (Å²) in [5.41, 5.74) is 0. The van der Waals surface area contributed by atoms with Crippen molar-refractivity contribution in [2.45, 2.75) is 77.0 Å². The number of nitrogens with zero attached hydrogens (tertiary/aromatic N) is 1. The number of hydrogen-bond acceptors (Lipinski definition) is 3. The number of rotatable bonds is 7. The number of likely N-dealkylation sites (tertiary alicyclic amines) is 1. The number of nitrogens with one attached hydrogen (secondary N) is 1. The molecular weight excluding hydrogens is 236 g/mol. The predicted octanol–water partition coefficient (Wildman–Crippen LogP) is 2.80. The van der Waals surface area contributed by atoms with Crippen molar-refractivity contribution in [2.24, 2.45) is 0 Å². The summed E-state index contributed by atoms with van der Waals surface area (Å²) in [5, 5.41) is 3.69. The molecule has 1 heterocycles. The fourth-order valence-electron chi connectivity index (χ4n) is 3.54. The van der Waals surface area contributed by atoms with Crippen molar-refractivity contribution in [3.05, 3.63) is 0 Å². The van der Waals surface area contributed by atoms with Crippen molar-refractivity contribution in [3.63, 3.8) is 0 Å². The number of ether oxygens (including phenoxy) is 1. The zero-order chi connectivity index (χ0) is 13.5. The maximum absolute atomic E-state index is 5.96. The van der Waals surface area contributed by atoms with E-state index in [0.29, 0.717) is 6.10 Å². The average Bonchev–Trinajstić information content (AvgIpc) is 2.92. The molecule has 19 heavy (non-hydrogen) atoms. The van der Waals surface area contributed by atoms with Gasteiger partial charge in [-0.15, -0.1) is 0 Å². The molecule has 0 spiro atoms. The Hall–Kier alpha value is -0.120. The van der Waals surface area contributed by atoms with E-state index in [2.05, 4.69) is 24.1 Å². The van der Waals surface area contributed by atoms with Crippen LogP contribution in [-0.2, 0) is 4.74 Å². The maximum Gasteiger partial charge on any atom is 0.0702 e. The summed E-state index contributed by atoms with van der Waals surface area (Å²) >= 11 is 0. The minimum atomic E-state index is 0.497. The second-order valence-electron chi connectivity index (χ2n) is 6.25. The van der Waals surface area contributed by atoms with Crippen LogP contribution in [0.4, 0.5) is 0 Å². The summed E-state index contributed by atoms with van der Waals surface area (Å²) in [5.74, 6) is 0. The van der Waals surface area contributed by atoms with Gasteiger partial charge in [-0.25, -0.2) is 0 Å². The van der Waals surface area contributed by atoms with E-state index in [1.54, 1.807) is 0 Å². The van der Waals surface area contributed by atoms with Crippen LogP contribution in [0.5, 0.6) is 0 Å². The van der Waals surface area contributed by atoms with Crippen LogP contribution in [0.3, 0.4) is 0 Å². The molecule has 3 atom stereocenters. The zero-order valence-electron chi connectivity index (χ0n) is 12.9. The van der Waals surface area contributed by atoms with Gasteiger partial charge in [0, 0.05) is 25.2 Å². The van der Waals surface area contributed by atoms with Crippen LogP contribution in [0.2, 0.25) is 0 Å². The lowest BCUT2D eigenvalue weighted by molar-refractivity contribution is -0.0119. The molecule has 0 amide bonds. The molecule has 112 valence electrons. The first kappa shape index (κ1) is 15.3. The van der Waals surface area contributed by atoms with Crippen molar-refractivity contribution in [1.82, 2.24) is 10.2 Å². The molecule has 1 saturated heterocycles. The summed E-state index contributed by atoms with van der Waals surface area (Å²) in [6.45, 7) is 9.02. The Balaban J connectivity index is 1.72. The molecule has 0 aromatic rings. The van der Waals surface area contributed by atoms with Gasteiger partial charge in [-0.05, 0) is 58.0 Å². The van der Waals surface area contributed by atoms with Crippen LogP contribution in [0.1, 0.15) is 58.8 Å². The van der Waals surface area contributed by atoms with Crippen molar-refractivity contribution < 1.29 is 4.74 Å². The monoisotopic (exact) mass is 268 g/mol. The van der Waals surface area contributed by atoms with Gasteiger partial charge in [-0.3, -0.25) is 4.90 Å². The van der Waals surface area contributed by atoms with Crippen molar-refractivity contribution in [1.29, 1.82) is 0 Å². The summed E-state index contributed by atoms with van der Waals surface area (Å²) in [6, 6.07) is 1.57. The van der Waals surface area contributed by atoms with Crippen LogP contribution in [-0.4, -0.2) is 49.3 Å². The highest BCUT2D eigenvalue weighted by atomic mass is 16.5. The lowest BCUT2D eigenvalue weighted by atomic mass is 10.0. The third-order valence-electron chi connectivity index (χ3n) is 4.57. The fourth-order valence-corrected chi connectivity index (χ4v) is 3.54. The van der Waals surface area contributed by atoms with Gasteiger partial charge >= 0.3 is 0 Å². The highest BCUT2D eigenvalue weighted by Gasteiger charge is 2.31. The summed E-state index contributed by atoms with van der Waals surface area (Å²) in [4.78, 5) is 2.71. The van der Waals surface area contributed by atoms with Gasteiger partial charge in [-0.1, -0.05) is 13.8 Å². The van der Waals surface area contributed by atoms with Crippen LogP contribution in [0.15, 0.2) is 0 Å². The van der Waals surface area contributed by atoms with E-state index in [9.17, 15) is 0 Å². The third-order valence-corrected chi connectivity index (χ3v) is 4.57. The van der Waals surface area contributed by atoms with Gasteiger partial charge < -0.3 is 10.1 Å². The normalized spacial score (nSPS) is 32.8. The molecule has 2 rings (SSSR count). The molecule has 0 aromatic heterocycles. The Kier molecular flexibility index (Phi) is 6.62. The van der Waals surface area contributed by atoms with E-state index in [1.165, 1.54) is 58.2 Å². The van der Waals surface area contributed by atoms with E-state index < -0.39 is 0 Å². The van der Waals surface area contributed by atoms with Crippen LogP contribution >= 0.6 is 0 Å². The summed E-state index contributed by atoms with van der Waals surface area (Å²) < 4.78 is 5.96. The van der Waals surface area contributed by atoms with E-state index in [-0.39, 0.29) is 0 Å². The molecule has 3 unspecified atom stereocenters. The molecule has 1 aliphatic carbocycles. The highest BCUT2D eigenvalue weighted by molar-refractivity contribution is 4.89. The molecule has 2 fully saturated rings. The van der Waals surface area contributed by atoms with E-state index in [1.807, 2.05) is 0 Å². The summed E-state index contributed by atoms with van der Waals surface area (Å²) in [6.07, 6.45) is 9.56. The SMILES string of the molecule is CCCNC1CCC(N2CCCC(OCCC)C2)C1. The molecule has 3 heteroatoms. The summed E-state index contributed by atoms with van der Waals surface area (Å²) in [7, 11) is 0. The Morgan fingerprint density at radius 3 is 2.84 bits per heavy atom. The minimum Gasteiger partial charge on any atom is -0.377 e. The smallest absolute Gasteiger partial charge is 0.0702 e. The first-order chi connectivity index (χ1) is 9.33. The van der Waals surface area contributed by atoms with E-state index in [0.717, 1.165) is 25.1 Å². The van der Waals surface area contributed by atoms with Gasteiger partial charge in [0.15, 0.2) is 0 Å². The lowest BCUT2D eigenvalue weighted by Crippen LogP contribution is -2.45. The van der Waals surface area contributed by atoms with E-state index >= 15 is 0 Å². The predicted molar refractivity (Wildman–Crippen MR) is 80.6 cm³/mol. The molecule has 3 nitrogen and oxygen atoms in total. The molecule has 1 N–H and O–H groups in total. The van der Waals surface area contributed by atoms with Crippen molar-refractivity contribution >= 4 is 0 Å². The fraction of sp³-hybridized carbons (Fsp3) is 1.00. The number of piperidine rings is 1. The first-order valence-electron chi connectivity index (χ1n) is 8.42. The second kappa shape index (κ2) is 8.23. The second-order valence-corrected chi connectivity index (χ2v) is 6.25. The van der Waals surface area contributed by atoms with Crippen molar-refractivity contribution in [3.8, 4) is 0 Å². The zero-order valence-corrected chi connectivity index (χ0v) is 12.9. The first-order valence-corrected chi connectivity index (χ1v) is 8.42. The molecule has 0 aromatic carbocycles. The quantitative estimate of drug-likeness (QED) is 0.768.